The van der Waals surface area contributed by atoms with E-state index in [1.165, 1.54) is 31.6 Å². The fourth-order valence-corrected chi connectivity index (χ4v) is 3.27. The lowest BCUT2D eigenvalue weighted by Gasteiger charge is -2.21. The maximum atomic E-state index is 12.8. The fraction of sp³-hybridized carbons (Fsp3) is 0.200. The third-order valence-electron chi connectivity index (χ3n) is 3.13. The van der Waals surface area contributed by atoms with Gasteiger partial charge in [0.2, 0.25) is 0 Å². The molecule has 0 aliphatic heterocycles. The van der Waals surface area contributed by atoms with Crippen molar-refractivity contribution in [3.8, 4) is 11.5 Å². The third kappa shape index (κ3) is 2.95. The van der Waals surface area contributed by atoms with E-state index in [-0.39, 0.29) is 10.6 Å². The lowest BCUT2D eigenvalue weighted by atomic mass is 10.3. The summed E-state index contributed by atoms with van der Waals surface area (Å²) in [7, 11) is 0.684. The van der Waals surface area contributed by atoms with Crippen molar-refractivity contribution < 1.29 is 17.9 Å². The number of hydrogen-bond donors (Lipinski definition) is 0. The van der Waals surface area contributed by atoms with E-state index in [0.29, 0.717) is 11.4 Å². The summed E-state index contributed by atoms with van der Waals surface area (Å²) in [6.07, 6.45) is 0. The molecular weight excluding hydrogens is 290 g/mol. The second kappa shape index (κ2) is 6.05. The summed E-state index contributed by atoms with van der Waals surface area (Å²) in [5, 5.41) is 0. The summed E-state index contributed by atoms with van der Waals surface area (Å²) in [6, 6.07) is 13.5. The Balaban J connectivity index is 2.53. The molecule has 0 aliphatic carbocycles. The van der Waals surface area contributed by atoms with Crippen LogP contribution in [0.5, 0.6) is 11.5 Å². The van der Waals surface area contributed by atoms with Crippen LogP contribution in [-0.2, 0) is 10.0 Å². The summed E-state index contributed by atoms with van der Waals surface area (Å²) in [4.78, 5) is 0.0655. The van der Waals surface area contributed by atoms with E-state index in [1.807, 2.05) is 6.07 Å². The highest BCUT2D eigenvalue weighted by Crippen LogP contribution is 2.31. The highest BCUT2D eigenvalue weighted by molar-refractivity contribution is 7.92. The van der Waals surface area contributed by atoms with Gasteiger partial charge in [-0.25, -0.2) is 8.42 Å². The third-order valence-corrected chi connectivity index (χ3v) is 4.94. The second-order valence-corrected chi connectivity index (χ2v) is 6.26. The average molecular weight is 307 g/mol. The predicted octanol–water partition coefficient (Wildman–Crippen LogP) is 2.53. The Morgan fingerprint density at radius 3 is 2.19 bits per heavy atom. The Kier molecular flexibility index (Phi) is 4.37. The summed E-state index contributed by atoms with van der Waals surface area (Å²) in [5.41, 5.74) is 0.572. The van der Waals surface area contributed by atoms with Crippen LogP contribution in [-0.4, -0.2) is 29.7 Å². The maximum absolute atomic E-state index is 12.8. The molecule has 2 aromatic carbocycles. The van der Waals surface area contributed by atoms with Crippen LogP contribution >= 0.6 is 0 Å². The number of ether oxygens (including phenoxy) is 2. The molecular formula is C15H17NO4S. The summed E-state index contributed by atoms with van der Waals surface area (Å²) in [5.74, 6) is 0.731. The molecule has 0 radical (unpaired) electrons. The molecule has 21 heavy (non-hydrogen) atoms. The largest absolute Gasteiger partial charge is 0.497 e. The van der Waals surface area contributed by atoms with E-state index in [4.69, 9.17) is 9.47 Å². The van der Waals surface area contributed by atoms with Crippen molar-refractivity contribution in [3.63, 3.8) is 0 Å². The van der Waals surface area contributed by atoms with Crippen LogP contribution in [0.3, 0.4) is 0 Å². The van der Waals surface area contributed by atoms with Gasteiger partial charge in [-0.05, 0) is 24.3 Å². The van der Waals surface area contributed by atoms with Crippen LogP contribution in [0.4, 0.5) is 5.69 Å². The zero-order valence-electron chi connectivity index (χ0n) is 12.1. The first-order valence-electron chi connectivity index (χ1n) is 6.26. The van der Waals surface area contributed by atoms with Crippen LogP contribution in [0.25, 0.3) is 0 Å². The molecule has 0 fully saturated rings. The molecule has 6 heteroatoms. The molecule has 0 saturated heterocycles. The van der Waals surface area contributed by atoms with E-state index in [0.717, 1.165) is 0 Å². The van der Waals surface area contributed by atoms with E-state index < -0.39 is 10.0 Å². The lowest BCUT2D eigenvalue weighted by molar-refractivity contribution is 0.392. The van der Waals surface area contributed by atoms with Gasteiger partial charge in [0.05, 0.1) is 19.9 Å². The quantitative estimate of drug-likeness (QED) is 0.852. The Morgan fingerprint density at radius 1 is 0.952 bits per heavy atom. The van der Waals surface area contributed by atoms with Gasteiger partial charge in [0.15, 0.2) is 0 Å². The van der Waals surface area contributed by atoms with Crippen LogP contribution in [0, 0.1) is 0 Å². The molecule has 0 saturated carbocycles. The molecule has 0 unspecified atom stereocenters. The molecule has 2 rings (SSSR count). The summed E-state index contributed by atoms with van der Waals surface area (Å²) in [6.45, 7) is 0. The Morgan fingerprint density at radius 2 is 1.62 bits per heavy atom. The molecule has 0 aromatic heterocycles. The normalized spacial score (nSPS) is 11.0. The number of nitrogens with zero attached hydrogens (tertiary/aromatic N) is 1. The Hall–Kier alpha value is -2.21. The van der Waals surface area contributed by atoms with E-state index >= 15 is 0 Å². The van der Waals surface area contributed by atoms with Crippen molar-refractivity contribution in [1.82, 2.24) is 0 Å². The molecule has 0 amide bonds. The second-order valence-electron chi connectivity index (χ2n) is 4.32. The minimum Gasteiger partial charge on any atom is -0.497 e. The van der Waals surface area contributed by atoms with E-state index in [2.05, 4.69) is 0 Å². The molecule has 0 heterocycles. The zero-order valence-corrected chi connectivity index (χ0v) is 12.9. The zero-order chi connectivity index (χ0) is 15.5. The summed E-state index contributed by atoms with van der Waals surface area (Å²) >= 11 is 0. The van der Waals surface area contributed by atoms with Gasteiger partial charge in [-0.15, -0.1) is 0 Å². The van der Waals surface area contributed by atoms with E-state index in [9.17, 15) is 8.42 Å². The Labute approximate surface area is 124 Å². The van der Waals surface area contributed by atoms with Gasteiger partial charge in [0.25, 0.3) is 10.0 Å². The minimum absolute atomic E-state index is 0.0655. The van der Waals surface area contributed by atoms with Gasteiger partial charge < -0.3 is 9.47 Å². The molecule has 0 atom stereocenters. The molecule has 0 N–H and O–H groups in total. The van der Waals surface area contributed by atoms with Gasteiger partial charge in [0, 0.05) is 13.1 Å². The van der Waals surface area contributed by atoms with Crippen molar-refractivity contribution in [2.75, 3.05) is 25.6 Å². The average Bonchev–Trinajstić information content (AvgIpc) is 2.54. The van der Waals surface area contributed by atoms with Crippen LogP contribution < -0.4 is 13.8 Å². The first-order valence-corrected chi connectivity index (χ1v) is 7.70. The minimum atomic E-state index is -3.74. The van der Waals surface area contributed by atoms with E-state index in [1.54, 1.807) is 36.4 Å². The van der Waals surface area contributed by atoms with Gasteiger partial charge >= 0.3 is 0 Å². The highest BCUT2D eigenvalue weighted by atomic mass is 32.2. The SMILES string of the molecule is COc1ccc(OC)c(S(=O)(=O)N(C)c2ccccc2)c1. The molecule has 2 aromatic rings. The van der Waals surface area contributed by atoms with Gasteiger partial charge in [-0.1, -0.05) is 18.2 Å². The van der Waals surface area contributed by atoms with Crippen molar-refractivity contribution in [2.24, 2.45) is 0 Å². The number of benzene rings is 2. The Bertz CT molecular complexity index is 714. The smallest absolute Gasteiger partial charge is 0.267 e. The van der Waals surface area contributed by atoms with Crippen LogP contribution in [0.2, 0.25) is 0 Å². The molecule has 5 nitrogen and oxygen atoms in total. The first-order chi connectivity index (χ1) is 10.0. The van der Waals surface area contributed by atoms with Crippen molar-refractivity contribution in [3.05, 3.63) is 48.5 Å². The highest BCUT2D eigenvalue weighted by Gasteiger charge is 2.25. The predicted molar refractivity (Wildman–Crippen MR) is 81.6 cm³/mol. The monoisotopic (exact) mass is 307 g/mol. The maximum Gasteiger partial charge on any atom is 0.267 e. The molecule has 0 spiro atoms. The summed E-state index contributed by atoms with van der Waals surface area (Å²) < 4.78 is 37.0. The van der Waals surface area contributed by atoms with Gasteiger partial charge in [-0.3, -0.25) is 4.31 Å². The number of sulfonamides is 1. The van der Waals surface area contributed by atoms with Crippen molar-refractivity contribution >= 4 is 15.7 Å². The number of anilines is 1. The molecule has 0 aliphatic rings. The standard InChI is InChI=1S/C15H17NO4S/c1-16(12-7-5-4-6-8-12)21(17,18)15-11-13(19-2)9-10-14(15)20-3/h4-11H,1-3H3. The van der Waals surface area contributed by atoms with Gasteiger partial charge in [0.1, 0.15) is 16.4 Å². The number of para-hydroxylation sites is 1. The number of hydrogen-bond acceptors (Lipinski definition) is 4. The molecule has 112 valence electrons. The van der Waals surface area contributed by atoms with Gasteiger partial charge in [-0.2, -0.15) is 0 Å². The van der Waals surface area contributed by atoms with Crippen molar-refractivity contribution in [1.29, 1.82) is 0 Å². The van der Waals surface area contributed by atoms with Crippen LogP contribution in [0.15, 0.2) is 53.4 Å². The fourth-order valence-electron chi connectivity index (χ4n) is 1.91. The topological polar surface area (TPSA) is 55.8 Å². The molecule has 0 bridgehead atoms. The van der Waals surface area contributed by atoms with Crippen molar-refractivity contribution in [2.45, 2.75) is 4.90 Å². The number of methoxy groups -OCH3 is 2. The first kappa shape index (κ1) is 15.2. The lowest BCUT2D eigenvalue weighted by Crippen LogP contribution is -2.26. The number of rotatable bonds is 5. The van der Waals surface area contributed by atoms with Crippen LogP contribution in [0.1, 0.15) is 0 Å².